The Hall–Kier alpha value is 0.708. The molecule has 1 saturated heterocycles. The lowest BCUT2D eigenvalue weighted by Gasteiger charge is -2.40. The molecule has 1 rings (SSSR count). The van der Waals surface area contributed by atoms with Crippen molar-refractivity contribution in [3.63, 3.8) is 0 Å². The Bertz CT molecular complexity index is 302. The summed E-state index contributed by atoms with van der Waals surface area (Å²) in [6.07, 6.45) is 10.1. The zero-order chi connectivity index (χ0) is 18.1. The molecule has 1 aliphatic heterocycles. The Morgan fingerprint density at radius 3 is 1.21 bits per heavy atom. The summed E-state index contributed by atoms with van der Waals surface area (Å²) in [5.41, 5.74) is 0. The number of unbranched alkanes of at least 4 members (excludes halogenated alkanes) is 6. The van der Waals surface area contributed by atoms with Crippen LogP contribution in [0, 0.1) is 0 Å². The van der Waals surface area contributed by atoms with Crippen LogP contribution in [0.2, 0.25) is 38.3 Å². The molecule has 2 radical (unpaired) electrons. The molecule has 0 bridgehead atoms. The van der Waals surface area contributed by atoms with Crippen molar-refractivity contribution in [3.8, 4) is 0 Å². The van der Waals surface area contributed by atoms with Crippen LogP contribution in [-0.4, -0.2) is 35.7 Å². The van der Waals surface area contributed by atoms with E-state index in [1.165, 1.54) is 51.4 Å². The molecule has 0 N–H and O–H groups in total. The fraction of sp³-hybridized carbons (Fsp3) is 1.00. The van der Waals surface area contributed by atoms with Crippen molar-refractivity contribution >= 4 is 35.7 Å². The zero-order valence-corrected chi connectivity index (χ0v) is 20.7. The van der Waals surface area contributed by atoms with Gasteiger partial charge in [0.15, 0.2) is 0 Å². The van der Waals surface area contributed by atoms with E-state index in [2.05, 4.69) is 40.0 Å². The van der Waals surface area contributed by atoms with E-state index in [0.29, 0.717) is 0 Å². The topological polar surface area (TPSA) is 36.9 Å². The van der Waals surface area contributed by atoms with Gasteiger partial charge >= 0.3 is 35.7 Å². The fourth-order valence-electron chi connectivity index (χ4n) is 3.25. The van der Waals surface area contributed by atoms with Gasteiger partial charge in [-0.05, 0) is 38.3 Å². The molecule has 4 nitrogen and oxygen atoms in total. The highest BCUT2D eigenvalue weighted by Gasteiger charge is 2.45. The van der Waals surface area contributed by atoms with Crippen LogP contribution in [0.3, 0.4) is 0 Å². The Morgan fingerprint density at radius 2 is 0.917 bits per heavy atom. The predicted octanol–water partition coefficient (Wildman–Crippen LogP) is 5.61. The number of rotatable bonds is 10. The normalized spacial score (nSPS) is 30.2. The molecule has 1 aliphatic rings. The van der Waals surface area contributed by atoms with Crippen LogP contribution in [0.25, 0.3) is 0 Å². The summed E-state index contributed by atoms with van der Waals surface area (Å²) in [6, 6.07) is 2.14. The second-order valence-corrected chi connectivity index (χ2v) is 18.0. The standard InChI is InChI=1S/C16H38O4Si4/c1-7-9-11-13-15-23(5)17-21(3)19-24(6,20-22(4)18-23)16-14-12-10-8-2/h7-16H2,1-6H3. The van der Waals surface area contributed by atoms with E-state index >= 15 is 0 Å². The fourth-order valence-corrected chi connectivity index (χ4v) is 18.6. The average Bonchev–Trinajstić information content (AvgIpc) is 2.46. The molecule has 0 atom stereocenters. The van der Waals surface area contributed by atoms with E-state index in [1.807, 2.05) is 0 Å². The van der Waals surface area contributed by atoms with Crippen LogP contribution in [0.4, 0.5) is 0 Å². The zero-order valence-electron chi connectivity index (χ0n) is 16.7. The summed E-state index contributed by atoms with van der Waals surface area (Å²) in [4.78, 5) is 0. The first kappa shape index (κ1) is 22.7. The summed E-state index contributed by atoms with van der Waals surface area (Å²) in [5.74, 6) is 0. The lowest BCUT2D eigenvalue weighted by molar-refractivity contribution is 0.255. The minimum absolute atomic E-state index is 1.07. The molecule has 24 heavy (non-hydrogen) atoms. The quantitative estimate of drug-likeness (QED) is 0.349. The second-order valence-electron chi connectivity index (χ2n) is 7.28. The molecule has 0 unspecified atom stereocenters. The minimum atomic E-state index is -2.14. The number of hydrogen-bond acceptors (Lipinski definition) is 4. The third-order valence-corrected chi connectivity index (χ3v) is 18.4. The van der Waals surface area contributed by atoms with Gasteiger partial charge in [-0.15, -0.1) is 0 Å². The van der Waals surface area contributed by atoms with Crippen LogP contribution in [0.5, 0.6) is 0 Å². The van der Waals surface area contributed by atoms with Crippen LogP contribution in [0.15, 0.2) is 0 Å². The summed E-state index contributed by atoms with van der Waals surface area (Å²) in [7, 11) is -6.84. The van der Waals surface area contributed by atoms with Gasteiger partial charge in [-0.2, -0.15) is 0 Å². The van der Waals surface area contributed by atoms with E-state index < -0.39 is 35.7 Å². The summed E-state index contributed by atoms with van der Waals surface area (Å²) in [5, 5.41) is 0. The second kappa shape index (κ2) is 11.4. The van der Waals surface area contributed by atoms with Gasteiger partial charge in [0.25, 0.3) is 0 Å². The lowest BCUT2D eigenvalue weighted by Crippen LogP contribution is -2.57. The van der Waals surface area contributed by atoms with Crippen molar-refractivity contribution in [2.45, 2.75) is 103 Å². The number of hydrogen-bond donors (Lipinski definition) is 0. The average molecular weight is 407 g/mol. The SMILES string of the molecule is CCCCCC[Si]1(C)O[Si](C)O[Si](C)(CCCCCC)O[Si](C)O1. The van der Waals surface area contributed by atoms with Gasteiger partial charge in [0.05, 0.1) is 0 Å². The van der Waals surface area contributed by atoms with E-state index in [1.54, 1.807) is 0 Å². The smallest absolute Gasteiger partial charge is 0.362 e. The lowest BCUT2D eigenvalue weighted by atomic mass is 10.2. The van der Waals surface area contributed by atoms with Crippen LogP contribution >= 0.6 is 0 Å². The highest BCUT2D eigenvalue weighted by molar-refractivity contribution is 6.85. The first-order chi connectivity index (χ1) is 11.3. The molecule has 1 fully saturated rings. The molecule has 0 spiro atoms. The van der Waals surface area contributed by atoms with Crippen LogP contribution in [-0.2, 0) is 16.5 Å². The molecule has 142 valence electrons. The predicted molar refractivity (Wildman–Crippen MR) is 109 cm³/mol. The van der Waals surface area contributed by atoms with Gasteiger partial charge in [0, 0.05) is 0 Å². The highest BCUT2D eigenvalue weighted by Crippen LogP contribution is 2.28. The first-order valence-electron chi connectivity index (χ1n) is 9.75. The van der Waals surface area contributed by atoms with Crippen molar-refractivity contribution < 1.29 is 16.5 Å². The van der Waals surface area contributed by atoms with Crippen molar-refractivity contribution in [3.05, 3.63) is 0 Å². The third-order valence-electron chi connectivity index (χ3n) is 4.41. The van der Waals surface area contributed by atoms with E-state index in [4.69, 9.17) is 16.5 Å². The maximum Gasteiger partial charge on any atom is 0.362 e. The van der Waals surface area contributed by atoms with Crippen molar-refractivity contribution in [2.24, 2.45) is 0 Å². The maximum atomic E-state index is 6.43. The van der Waals surface area contributed by atoms with Gasteiger partial charge in [-0.25, -0.2) is 0 Å². The van der Waals surface area contributed by atoms with E-state index in [-0.39, 0.29) is 0 Å². The molecular weight excluding hydrogens is 369 g/mol. The largest absolute Gasteiger partial charge is 0.415 e. The summed E-state index contributed by atoms with van der Waals surface area (Å²) in [6.45, 7) is 13.2. The van der Waals surface area contributed by atoms with Crippen LogP contribution < -0.4 is 0 Å². The molecule has 0 aromatic carbocycles. The highest BCUT2D eigenvalue weighted by atomic mass is 28.5. The maximum absolute atomic E-state index is 6.43. The molecule has 0 saturated carbocycles. The monoisotopic (exact) mass is 406 g/mol. The Labute approximate surface area is 155 Å². The molecule has 0 aromatic rings. The molecule has 0 amide bonds. The minimum Gasteiger partial charge on any atom is -0.415 e. The van der Waals surface area contributed by atoms with Crippen molar-refractivity contribution in [2.75, 3.05) is 0 Å². The third kappa shape index (κ3) is 8.88. The van der Waals surface area contributed by atoms with Crippen molar-refractivity contribution in [1.82, 2.24) is 0 Å². The summed E-state index contributed by atoms with van der Waals surface area (Å²) < 4.78 is 25.7. The Morgan fingerprint density at radius 1 is 0.583 bits per heavy atom. The van der Waals surface area contributed by atoms with Crippen molar-refractivity contribution in [1.29, 1.82) is 0 Å². The molecule has 0 aliphatic carbocycles. The summed E-state index contributed by atoms with van der Waals surface area (Å²) >= 11 is 0. The van der Waals surface area contributed by atoms with Gasteiger partial charge in [-0.3, -0.25) is 0 Å². The Kier molecular flexibility index (Phi) is 10.8. The molecule has 0 aromatic heterocycles. The van der Waals surface area contributed by atoms with Gasteiger partial charge in [0.2, 0.25) is 0 Å². The van der Waals surface area contributed by atoms with E-state index in [9.17, 15) is 0 Å². The van der Waals surface area contributed by atoms with E-state index in [0.717, 1.165) is 12.1 Å². The molecular formula is C16H38O4Si4. The molecule has 8 heteroatoms. The Balaban J connectivity index is 2.56. The van der Waals surface area contributed by atoms with Gasteiger partial charge in [-0.1, -0.05) is 65.2 Å². The van der Waals surface area contributed by atoms with Crippen LogP contribution in [0.1, 0.15) is 65.2 Å². The van der Waals surface area contributed by atoms with Gasteiger partial charge < -0.3 is 16.5 Å². The first-order valence-corrected chi connectivity index (χ1v) is 18.4. The molecule has 1 heterocycles. The van der Waals surface area contributed by atoms with Gasteiger partial charge in [0.1, 0.15) is 0 Å².